The number of benzene rings is 2. The molecule has 0 aromatic heterocycles. The van der Waals surface area contributed by atoms with Crippen LogP contribution in [0.15, 0.2) is 73.0 Å². The highest BCUT2D eigenvalue weighted by Crippen LogP contribution is 2.67. The highest BCUT2D eigenvalue weighted by atomic mass is 16.7. The van der Waals surface area contributed by atoms with Crippen molar-refractivity contribution in [1.82, 2.24) is 0 Å². The second-order valence-corrected chi connectivity index (χ2v) is 6.96. The van der Waals surface area contributed by atoms with Gasteiger partial charge in [-0.3, -0.25) is 4.79 Å². The Labute approximate surface area is 146 Å². The van der Waals surface area contributed by atoms with Crippen molar-refractivity contribution in [3.63, 3.8) is 0 Å². The molecule has 0 radical (unpaired) electrons. The van der Waals surface area contributed by atoms with Crippen molar-refractivity contribution in [3.8, 4) is 0 Å². The van der Waals surface area contributed by atoms with Gasteiger partial charge in [-0.15, -0.1) is 0 Å². The van der Waals surface area contributed by atoms with E-state index in [0.29, 0.717) is 6.61 Å². The molecule has 3 unspecified atom stereocenters. The van der Waals surface area contributed by atoms with Gasteiger partial charge < -0.3 is 14.2 Å². The van der Waals surface area contributed by atoms with E-state index in [0.717, 1.165) is 11.1 Å². The van der Waals surface area contributed by atoms with Crippen molar-refractivity contribution >= 4 is 5.97 Å². The number of rotatable bonds is 2. The fourth-order valence-corrected chi connectivity index (χ4v) is 4.74. The van der Waals surface area contributed by atoms with Crippen molar-refractivity contribution in [1.29, 1.82) is 0 Å². The standard InChI is InChI=1S/C21H18O4/c1-19-20(12-13-24-19)17(14-23-18(20)22)21(25-19,15-8-4-2-5-9-15)16-10-6-3-7-11-16/h2-13,17H,14H2,1H3. The number of cyclic esters (lactones) is 1. The van der Waals surface area contributed by atoms with Gasteiger partial charge in [-0.25, -0.2) is 0 Å². The predicted octanol–water partition coefficient (Wildman–Crippen LogP) is 3.38. The van der Waals surface area contributed by atoms with Gasteiger partial charge in [0.15, 0.2) is 5.41 Å². The average molecular weight is 334 g/mol. The van der Waals surface area contributed by atoms with Gasteiger partial charge in [-0.05, 0) is 17.2 Å². The van der Waals surface area contributed by atoms with Gasteiger partial charge in [0.1, 0.15) is 5.60 Å². The molecule has 25 heavy (non-hydrogen) atoms. The molecule has 3 aliphatic heterocycles. The largest absolute Gasteiger partial charge is 0.469 e. The first kappa shape index (κ1) is 14.7. The van der Waals surface area contributed by atoms with Crippen LogP contribution in [0, 0.1) is 11.3 Å². The lowest BCUT2D eigenvalue weighted by molar-refractivity contribution is -0.231. The molecule has 3 aliphatic rings. The van der Waals surface area contributed by atoms with Crippen LogP contribution in [0.3, 0.4) is 0 Å². The molecule has 5 rings (SSSR count). The molecule has 0 aliphatic carbocycles. The van der Waals surface area contributed by atoms with E-state index >= 15 is 0 Å². The first-order valence-corrected chi connectivity index (χ1v) is 8.47. The molecule has 4 heteroatoms. The summed E-state index contributed by atoms with van der Waals surface area (Å²) in [5.74, 6) is -1.57. The Hall–Kier alpha value is -2.59. The number of hydrogen-bond acceptors (Lipinski definition) is 4. The summed E-state index contributed by atoms with van der Waals surface area (Å²) in [4.78, 5) is 12.8. The van der Waals surface area contributed by atoms with Gasteiger partial charge in [0.25, 0.3) is 0 Å². The minimum atomic E-state index is -1.09. The van der Waals surface area contributed by atoms with E-state index in [4.69, 9.17) is 14.2 Å². The molecule has 3 heterocycles. The van der Waals surface area contributed by atoms with Crippen molar-refractivity contribution in [2.45, 2.75) is 18.3 Å². The highest BCUT2D eigenvalue weighted by Gasteiger charge is 2.79. The van der Waals surface area contributed by atoms with Gasteiger partial charge >= 0.3 is 5.97 Å². The topological polar surface area (TPSA) is 44.8 Å². The van der Waals surface area contributed by atoms with Crippen molar-refractivity contribution in [3.05, 3.63) is 84.1 Å². The van der Waals surface area contributed by atoms with E-state index in [9.17, 15) is 4.79 Å². The maximum absolute atomic E-state index is 12.8. The van der Waals surface area contributed by atoms with E-state index in [-0.39, 0.29) is 11.9 Å². The molecule has 0 amide bonds. The van der Waals surface area contributed by atoms with Crippen LogP contribution in [0.5, 0.6) is 0 Å². The summed E-state index contributed by atoms with van der Waals surface area (Å²) < 4.78 is 18.0. The Morgan fingerprint density at radius 3 is 2.16 bits per heavy atom. The fraction of sp³-hybridized carbons (Fsp3) is 0.286. The molecule has 0 bridgehead atoms. The van der Waals surface area contributed by atoms with E-state index in [2.05, 4.69) is 0 Å². The zero-order valence-electron chi connectivity index (χ0n) is 13.8. The number of esters is 1. The van der Waals surface area contributed by atoms with Crippen LogP contribution in [0.1, 0.15) is 18.1 Å². The van der Waals surface area contributed by atoms with Gasteiger partial charge in [-0.2, -0.15) is 0 Å². The average Bonchev–Trinajstić information content (AvgIpc) is 3.23. The van der Waals surface area contributed by atoms with Gasteiger partial charge in [0.2, 0.25) is 5.79 Å². The third-order valence-electron chi connectivity index (χ3n) is 5.90. The lowest BCUT2D eigenvalue weighted by Crippen LogP contribution is -2.45. The fourth-order valence-electron chi connectivity index (χ4n) is 4.74. The maximum atomic E-state index is 12.8. The second kappa shape index (κ2) is 4.73. The lowest BCUT2D eigenvalue weighted by Gasteiger charge is -2.36. The first-order valence-electron chi connectivity index (χ1n) is 8.47. The van der Waals surface area contributed by atoms with Gasteiger partial charge in [0, 0.05) is 6.92 Å². The van der Waals surface area contributed by atoms with Crippen LogP contribution in [-0.4, -0.2) is 18.4 Å². The van der Waals surface area contributed by atoms with E-state index in [1.807, 2.05) is 73.7 Å². The summed E-state index contributed by atoms with van der Waals surface area (Å²) in [5, 5.41) is 0. The lowest BCUT2D eigenvalue weighted by atomic mass is 9.65. The van der Waals surface area contributed by atoms with Crippen LogP contribution in [0.4, 0.5) is 0 Å². The minimum Gasteiger partial charge on any atom is -0.469 e. The van der Waals surface area contributed by atoms with E-state index in [1.54, 1.807) is 6.26 Å². The molecule has 2 aromatic carbocycles. The Bertz CT molecular complexity index is 820. The monoisotopic (exact) mass is 334 g/mol. The number of carbonyl (C=O) groups excluding carboxylic acids is 1. The second-order valence-electron chi connectivity index (χ2n) is 6.96. The van der Waals surface area contributed by atoms with E-state index < -0.39 is 16.8 Å². The first-order chi connectivity index (χ1) is 12.1. The Kier molecular flexibility index (Phi) is 2.79. The molecule has 3 atom stereocenters. The SMILES string of the molecule is CC12OC=CC13C(=O)OCC3C(c1ccccc1)(c1ccccc1)O2. The predicted molar refractivity (Wildman–Crippen MR) is 90.3 cm³/mol. The molecular weight excluding hydrogens is 316 g/mol. The molecule has 1 spiro atoms. The molecule has 2 aromatic rings. The molecule has 0 N–H and O–H groups in total. The summed E-state index contributed by atoms with van der Waals surface area (Å²) in [6, 6.07) is 20.1. The molecule has 2 fully saturated rings. The zero-order chi connectivity index (χ0) is 17.1. The van der Waals surface area contributed by atoms with Crippen LogP contribution in [0.25, 0.3) is 0 Å². The molecular formula is C21H18O4. The zero-order valence-corrected chi connectivity index (χ0v) is 13.8. The minimum absolute atomic E-state index is 0.207. The summed E-state index contributed by atoms with van der Waals surface area (Å²) >= 11 is 0. The Balaban J connectivity index is 1.82. The van der Waals surface area contributed by atoms with Crippen LogP contribution < -0.4 is 0 Å². The smallest absolute Gasteiger partial charge is 0.323 e. The highest BCUT2D eigenvalue weighted by molar-refractivity contribution is 5.85. The summed E-state index contributed by atoms with van der Waals surface area (Å²) in [6.07, 6.45) is 3.39. The maximum Gasteiger partial charge on any atom is 0.323 e. The number of carbonyl (C=O) groups is 1. The van der Waals surface area contributed by atoms with Crippen molar-refractivity contribution in [2.75, 3.05) is 6.61 Å². The normalized spacial score (nSPS) is 34.3. The Morgan fingerprint density at radius 2 is 1.56 bits per heavy atom. The molecule has 0 saturated carbocycles. The summed E-state index contributed by atoms with van der Waals surface area (Å²) in [5.41, 5.74) is 0.250. The number of hydrogen-bond donors (Lipinski definition) is 0. The van der Waals surface area contributed by atoms with Crippen LogP contribution in [-0.2, 0) is 24.6 Å². The molecule has 126 valence electrons. The third-order valence-corrected chi connectivity index (χ3v) is 5.90. The molecule has 4 nitrogen and oxygen atoms in total. The Morgan fingerprint density at radius 1 is 0.960 bits per heavy atom. The third kappa shape index (κ3) is 1.58. The van der Waals surface area contributed by atoms with Crippen LogP contribution >= 0.6 is 0 Å². The number of ether oxygens (including phenoxy) is 3. The van der Waals surface area contributed by atoms with Crippen molar-refractivity contribution < 1.29 is 19.0 Å². The quantitative estimate of drug-likeness (QED) is 0.790. The molecule has 2 saturated heterocycles. The summed E-state index contributed by atoms with van der Waals surface area (Å²) in [6.45, 7) is 2.13. The van der Waals surface area contributed by atoms with E-state index in [1.165, 1.54) is 0 Å². The van der Waals surface area contributed by atoms with Gasteiger partial charge in [0.05, 0.1) is 18.8 Å². The van der Waals surface area contributed by atoms with Crippen LogP contribution in [0.2, 0.25) is 0 Å². The summed E-state index contributed by atoms with van der Waals surface area (Å²) in [7, 11) is 0. The van der Waals surface area contributed by atoms with Gasteiger partial charge in [-0.1, -0.05) is 60.7 Å². The van der Waals surface area contributed by atoms with Crippen molar-refractivity contribution in [2.24, 2.45) is 11.3 Å².